The molecule has 1 aliphatic heterocycles. The summed E-state index contributed by atoms with van der Waals surface area (Å²) in [4.78, 5) is 27.2. The second kappa shape index (κ2) is 3.80. The van der Waals surface area contributed by atoms with E-state index in [4.69, 9.17) is 4.74 Å². The first-order valence-electron chi connectivity index (χ1n) is 7.87. The molecule has 1 spiro atoms. The molecule has 1 heterocycles. The summed E-state index contributed by atoms with van der Waals surface area (Å²) in [5.41, 5.74) is 0.918. The van der Waals surface area contributed by atoms with Gasteiger partial charge in [-0.25, -0.2) is 0 Å². The lowest BCUT2D eigenvalue weighted by atomic mass is 9.85. The summed E-state index contributed by atoms with van der Waals surface area (Å²) in [5, 5.41) is 0. The van der Waals surface area contributed by atoms with Gasteiger partial charge in [0.05, 0.1) is 24.6 Å². The number of imide groups is 1. The molecular formula is C18H17NO3. The van der Waals surface area contributed by atoms with Gasteiger partial charge in [0.25, 0.3) is 0 Å². The molecule has 5 rings (SSSR count). The number of fused-ring (bicyclic) bond motifs is 3. The van der Waals surface area contributed by atoms with Crippen molar-refractivity contribution in [2.45, 2.75) is 12.8 Å². The predicted molar refractivity (Wildman–Crippen MR) is 80.3 cm³/mol. The molecular weight excluding hydrogens is 278 g/mol. The highest BCUT2D eigenvalue weighted by Gasteiger charge is 2.73. The van der Waals surface area contributed by atoms with E-state index in [1.54, 1.807) is 31.4 Å². The largest absolute Gasteiger partial charge is 0.497 e. The third-order valence-corrected chi connectivity index (χ3v) is 6.18. The number of hydrogen-bond acceptors (Lipinski definition) is 3. The topological polar surface area (TPSA) is 46.6 Å². The highest BCUT2D eigenvalue weighted by Crippen LogP contribution is 2.73. The van der Waals surface area contributed by atoms with Crippen molar-refractivity contribution in [1.29, 1.82) is 0 Å². The third-order valence-electron chi connectivity index (χ3n) is 6.18. The molecule has 4 heteroatoms. The number of methoxy groups -OCH3 is 1. The average Bonchev–Trinajstić information content (AvgIpc) is 3.13. The molecule has 22 heavy (non-hydrogen) atoms. The Morgan fingerprint density at radius 2 is 1.55 bits per heavy atom. The van der Waals surface area contributed by atoms with E-state index in [9.17, 15) is 9.59 Å². The first-order valence-corrected chi connectivity index (χ1v) is 7.87. The maximum atomic E-state index is 12.9. The molecule has 0 unspecified atom stereocenters. The number of amides is 2. The van der Waals surface area contributed by atoms with Gasteiger partial charge >= 0.3 is 0 Å². The fourth-order valence-corrected chi connectivity index (χ4v) is 5.06. The second-order valence-corrected chi connectivity index (χ2v) is 6.93. The van der Waals surface area contributed by atoms with Crippen LogP contribution < -0.4 is 9.64 Å². The predicted octanol–water partition coefficient (Wildman–Crippen LogP) is 2.40. The van der Waals surface area contributed by atoms with Gasteiger partial charge in [0, 0.05) is 0 Å². The number of carbonyl (C=O) groups is 2. The van der Waals surface area contributed by atoms with Gasteiger partial charge < -0.3 is 4.74 Å². The summed E-state index contributed by atoms with van der Waals surface area (Å²) in [7, 11) is 1.60. The van der Waals surface area contributed by atoms with Gasteiger partial charge in [-0.3, -0.25) is 14.5 Å². The highest BCUT2D eigenvalue weighted by molar-refractivity contribution is 6.23. The zero-order valence-corrected chi connectivity index (χ0v) is 12.4. The zero-order chi connectivity index (χ0) is 15.1. The molecule has 3 fully saturated rings. The fourth-order valence-electron chi connectivity index (χ4n) is 5.06. The Hall–Kier alpha value is -2.10. The van der Waals surface area contributed by atoms with Crippen LogP contribution in [0.3, 0.4) is 0 Å². The molecule has 4 nitrogen and oxygen atoms in total. The Bertz CT molecular complexity index is 682. The average molecular weight is 295 g/mol. The van der Waals surface area contributed by atoms with Crippen LogP contribution in [0.25, 0.3) is 0 Å². The number of carbonyl (C=O) groups excluding carboxylic acids is 2. The van der Waals surface area contributed by atoms with Gasteiger partial charge in [0.15, 0.2) is 0 Å². The molecule has 112 valence electrons. The first-order chi connectivity index (χ1) is 10.7. The molecule has 4 aliphatic rings. The number of anilines is 1. The minimum absolute atomic E-state index is 0.0108. The van der Waals surface area contributed by atoms with Crippen LogP contribution in [0.4, 0.5) is 5.69 Å². The van der Waals surface area contributed by atoms with Crippen LogP contribution in [0.5, 0.6) is 5.75 Å². The molecule has 1 saturated heterocycles. The summed E-state index contributed by atoms with van der Waals surface area (Å²) in [6, 6.07) is 7.16. The molecule has 0 aromatic heterocycles. The lowest BCUT2D eigenvalue weighted by Crippen LogP contribution is -2.34. The van der Waals surface area contributed by atoms with Crippen LogP contribution in [-0.2, 0) is 9.59 Å². The summed E-state index contributed by atoms with van der Waals surface area (Å²) >= 11 is 0. The summed E-state index contributed by atoms with van der Waals surface area (Å²) in [6.45, 7) is 0. The Labute approximate surface area is 128 Å². The summed E-state index contributed by atoms with van der Waals surface area (Å²) in [5.74, 6) is 0.997. The second-order valence-electron chi connectivity index (χ2n) is 6.93. The van der Waals surface area contributed by atoms with Crippen LogP contribution in [0.1, 0.15) is 12.8 Å². The van der Waals surface area contributed by atoms with Gasteiger partial charge in [-0.1, -0.05) is 12.2 Å². The van der Waals surface area contributed by atoms with E-state index in [0.717, 1.165) is 5.75 Å². The Morgan fingerprint density at radius 1 is 1.00 bits per heavy atom. The van der Waals surface area contributed by atoms with Crippen LogP contribution >= 0.6 is 0 Å². The molecule has 0 N–H and O–H groups in total. The zero-order valence-electron chi connectivity index (χ0n) is 12.4. The van der Waals surface area contributed by atoms with Crippen molar-refractivity contribution in [1.82, 2.24) is 0 Å². The molecule has 2 saturated carbocycles. The molecule has 2 bridgehead atoms. The first kappa shape index (κ1) is 12.4. The monoisotopic (exact) mass is 295 g/mol. The van der Waals surface area contributed by atoms with Crippen molar-refractivity contribution in [2.75, 3.05) is 12.0 Å². The van der Waals surface area contributed by atoms with Crippen LogP contribution in [0, 0.1) is 29.1 Å². The van der Waals surface area contributed by atoms with Gasteiger partial charge in [0.1, 0.15) is 5.75 Å². The smallest absolute Gasteiger partial charge is 0.238 e. The quantitative estimate of drug-likeness (QED) is 0.622. The number of nitrogens with zero attached hydrogens (tertiary/aromatic N) is 1. The van der Waals surface area contributed by atoms with Crippen molar-refractivity contribution in [2.24, 2.45) is 29.1 Å². The number of hydrogen-bond donors (Lipinski definition) is 0. The van der Waals surface area contributed by atoms with E-state index >= 15 is 0 Å². The van der Waals surface area contributed by atoms with Gasteiger partial charge in [-0.15, -0.1) is 0 Å². The number of rotatable bonds is 2. The molecule has 2 amide bonds. The SMILES string of the molecule is COc1ccc(N2C(=O)[C@@H]3[C@@H](C2=O)[C@@H]2C=C[C@H]3C23CC3)cc1. The highest BCUT2D eigenvalue weighted by atomic mass is 16.5. The number of allylic oxidation sites excluding steroid dienone is 2. The molecule has 4 atom stereocenters. The number of benzene rings is 1. The molecule has 1 aromatic carbocycles. The lowest BCUT2D eigenvalue weighted by molar-refractivity contribution is -0.123. The van der Waals surface area contributed by atoms with Crippen LogP contribution in [0.2, 0.25) is 0 Å². The Morgan fingerprint density at radius 3 is 2.00 bits per heavy atom. The minimum atomic E-state index is -0.132. The van der Waals surface area contributed by atoms with Crippen LogP contribution in [0.15, 0.2) is 36.4 Å². The van der Waals surface area contributed by atoms with Gasteiger partial charge in [0.2, 0.25) is 11.8 Å². The summed E-state index contributed by atoms with van der Waals surface area (Å²) < 4.78 is 5.14. The Balaban J connectivity index is 1.53. The van der Waals surface area contributed by atoms with E-state index in [1.165, 1.54) is 17.7 Å². The van der Waals surface area contributed by atoms with Gasteiger partial charge in [-0.2, -0.15) is 0 Å². The maximum absolute atomic E-state index is 12.9. The van der Waals surface area contributed by atoms with Crippen LogP contribution in [-0.4, -0.2) is 18.9 Å². The number of ether oxygens (including phenoxy) is 1. The van der Waals surface area contributed by atoms with Crippen molar-refractivity contribution in [3.8, 4) is 5.75 Å². The standard InChI is InChI=1S/C18H17NO3/c1-22-11-4-2-10(3-5-11)19-16(20)14-12-6-7-13(15(14)17(19)21)18(12)8-9-18/h2-7,12-15H,8-9H2,1H3/t12-,13+,14-,15-/m0/s1. The van der Waals surface area contributed by atoms with E-state index < -0.39 is 0 Å². The van der Waals surface area contributed by atoms with Crippen molar-refractivity contribution in [3.05, 3.63) is 36.4 Å². The molecule has 3 aliphatic carbocycles. The maximum Gasteiger partial charge on any atom is 0.238 e. The lowest BCUT2D eigenvalue weighted by Gasteiger charge is -2.21. The third kappa shape index (κ3) is 1.25. The normalized spacial score (nSPS) is 36.3. The van der Waals surface area contributed by atoms with E-state index in [1.807, 2.05) is 0 Å². The van der Waals surface area contributed by atoms with Crippen molar-refractivity contribution >= 4 is 17.5 Å². The van der Waals surface area contributed by atoms with E-state index in [-0.39, 0.29) is 40.9 Å². The molecule has 1 aromatic rings. The van der Waals surface area contributed by atoms with Gasteiger partial charge in [-0.05, 0) is 54.4 Å². The van der Waals surface area contributed by atoms with Crippen molar-refractivity contribution < 1.29 is 14.3 Å². The minimum Gasteiger partial charge on any atom is -0.497 e. The fraction of sp³-hybridized carbons (Fsp3) is 0.444. The summed E-state index contributed by atoms with van der Waals surface area (Å²) in [6.07, 6.45) is 6.74. The Kier molecular flexibility index (Phi) is 2.15. The van der Waals surface area contributed by atoms with E-state index in [0.29, 0.717) is 5.69 Å². The van der Waals surface area contributed by atoms with E-state index in [2.05, 4.69) is 12.2 Å². The van der Waals surface area contributed by atoms with Crippen molar-refractivity contribution in [3.63, 3.8) is 0 Å². The molecule has 0 radical (unpaired) electrons.